The van der Waals surface area contributed by atoms with Crippen LogP contribution in [0.1, 0.15) is 154 Å². The molecular formula is C67H100N2O24. The van der Waals surface area contributed by atoms with Crippen LogP contribution < -0.4 is 5.32 Å². The molecule has 93 heavy (non-hydrogen) atoms. The van der Waals surface area contributed by atoms with Gasteiger partial charge in [-0.25, -0.2) is 9.59 Å². The summed E-state index contributed by atoms with van der Waals surface area (Å²) >= 11 is 0. The van der Waals surface area contributed by atoms with Crippen molar-refractivity contribution in [3.05, 3.63) is 56.9 Å². The first-order chi connectivity index (χ1) is 43.9. The number of hydrogen-bond donors (Lipinski definition) is 6. The number of amides is 1. The second kappa shape index (κ2) is 28.5. The SMILES string of the molecule is COC(=O)N[C@H]1[C@@H](C)O[C@@H](O[C@H]2C/C=C(\C)[C@@H]3C=C[C@@H]4[C@@H](O[C@H]5C[C@@H](O[C@H]6CC[C@@H](O[C@@H]7C[C@@H](O)[C@@H](O[C@H]8CC[C@@H](O)[C@H](C)O8)[C@H](C)O7)[C@H](C)O6)[C@@H](OC(C)=O)[C@H](C)O5)[C@@H](C)C[C@H](C)[C@H]4[C@]3(C)C(O)=C3C(=O)O[C@]4(C[C@H](CO)C[C@H](O)C4C=C2C)C3=O)C[C@]1(C)[N+](=O)[O-]. The average molecular weight is 1320 g/mol. The number of hydrogen-bond acceptors (Lipinski definition) is 24. The van der Waals surface area contributed by atoms with Gasteiger partial charge in [-0.1, -0.05) is 50.6 Å². The van der Waals surface area contributed by atoms with Crippen molar-refractivity contribution in [2.45, 2.75) is 288 Å². The van der Waals surface area contributed by atoms with E-state index < -0.39 is 216 Å². The second-order valence-electron chi connectivity index (χ2n) is 28.7. The van der Waals surface area contributed by atoms with Crippen LogP contribution in [0.5, 0.6) is 0 Å². The molecule has 6 saturated heterocycles. The van der Waals surface area contributed by atoms with Gasteiger partial charge in [0.25, 0.3) is 0 Å². The number of carbonyl (C=O) groups is 4. The maximum atomic E-state index is 15.6. The minimum Gasteiger partial charge on any atom is -0.511 e. The van der Waals surface area contributed by atoms with Gasteiger partial charge in [-0.2, -0.15) is 0 Å². The molecule has 2 bridgehead atoms. The molecule has 30 atom stereocenters. The van der Waals surface area contributed by atoms with E-state index in [9.17, 15) is 50.0 Å². The number of nitrogens with one attached hydrogen (secondary N) is 1. The highest BCUT2D eigenvalue weighted by molar-refractivity contribution is 6.26. The molecule has 10 rings (SSSR count). The lowest BCUT2D eigenvalue weighted by atomic mass is 9.49. The normalized spacial score (nSPS) is 47.7. The fraction of sp³-hybridized carbons (Fsp3) is 0.821. The Bertz CT molecular complexity index is 2860. The molecule has 2 saturated carbocycles. The maximum absolute atomic E-state index is 15.6. The molecule has 1 spiro atoms. The molecule has 0 radical (unpaired) electrons. The molecular weight excluding hydrogens is 1220 g/mol. The van der Waals surface area contributed by atoms with E-state index in [0.29, 0.717) is 37.7 Å². The molecule has 6 aliphatic heterocycles. The van der Waals surface area contributed by atoms with Crippen molar-refractivity contribution < 1.29 is 111 Å². The van der Waals surface area contributed by atoms with Crippen molar-refractivity contribution in [1.29, 1.82) is 0 Å². The Balaban J connectivity index is 0.902. The first kappa shape index (κ1) is 71.3. The first-order valence-corrected chi connectivity index (χ1v) is 33.5. The molecule has 10 aliphatic rings. The highest BCUT2D eigenvalue weighted by Gasteiger charge is 2.66. The number of aliphatic hydroxyl groups excluding tert-OH is 5. The number of ether oxygens (including phenoxy) is 13. The van der Waals surface area contributed by atoms with Gasteiger partial charge in [-0.3, -0.25) is 19.7 Å². The number of aliphatic hydroxyl groups is 5. The van der Waals surface area contributed by atoms with Gasteiger partial charge < -0.3 is 92.4 Å². The number of nitrogens with zero attached hydrogens (tertiary/aromatic N) is 1. The van der Waals surface area contributed by atoms with Crippen LogP contribution in [0.25, 0.3) is 0 Å². The predicted octanol–water partition coefficient (Wildman–Crippen LogP) is 6.23. The number of carbonyl (C=O) groups excluding carboxylic acids is 4. The number of Topliss-reactive ketones (excluding diaryl/α,β-unsaturated/α-hetero) is 1. The monoisotopic (exact) mass is 1320 g/mol. The molecule has 26 nitrogen and oxygen atoms in total. The zero-order valence-electron chi connectivity index (χ0n) is 55.8. The smallest absolute Gasteiger partial charge is 0.407 e. The fourth-order valence-corrected chi connectivity index (χ4v) is 17.4. The van der Waals surface area contributed by atoms with Crippen LogP contribution in [-0.4, -0.2) is 202 Å². The first-order valence-electron chi connectivity index (χ1n) is 33.5. The third kappa shape index (κ3) is 14.2. The van der Waals surface area contributed by atoms with E-state index in [1.807, 2.05) is 39.8 Å². The summed E-state index contributed by atoms with van der Waals surface area (Å²) in [6, 6.07) is -1.11. The van der Waals surface area contributed by atoms with Crippen molar-refractivity contribution >= 4 is 23.8 Å². The summed E-state index contributed by atoms with van der Waals surface area (Å²) in [5.41, 5.74) is -4.58. The summed E-state index contributed by atoms with van der Waals surface area (Å²) in [6.45, 7) is 20.8. The average Bonchev–Trinajstić information content (AvgIpc) is 1.68. The van der Waals surface area contributed by atoms with E-state index in [-0.39, 0.29) is 50.4 Å². The van der Waals surface area contributed by atoms with E-state index in [1.165, 1.54) is 13.8 Å². The fourth-order valence-electron chi connectivity index (χ4n) is 17.4. The Morgan fingerprint density at radius 3 is 1.99 bits per heavy atom. The largest absolute Gasteiger partial charge is 0.511 e. The second-order valence-corrected chi connectivity index (χ2v) is 28.7. The number of nitro groups is 1. The highest BCUT2D eigenvalue weighted by Crippen LogP contribution is 2.61. The van der Waals surface area contributed by atoms with Gasteiger partial charge in [-0.15, -0.1) is 0 Å². The molecule has 0 aromatic rings. The van der Waals surface area contributed by atoms with E-state index in [0.717, 1.165) is 12.7 Å². The summed E-state index contributed by atoms with van der Waals surface area (Å²) < 4.78 is 81.7. The molecule has 6 heterocycles. The minimum absolute atomic E-state index is 0.0504. The van der Waals surface area contributed by atoms with Crippen molar-refractivity contribution in [2.24, 2.45) is 46.8 Å². The molecule has 522 valence electrons. The molecule has 1 amide bonds. The minimum atomic E-state index is -2.06. The predicted molar refractivity (Wildman–Crippen MR) is 326 cm³/mol. The van der Waals surface area contributed by atoms with Gasteiger partial charge in [0.1, 0.15) is 29.6 Å². The summed E-state index contributed by atoms with van der Waals surface area (Å²) in [4.78, 5) is 68.0. The van der Waals surface area contributed by atoms with Crippen molar-refractivity contribution in [2.75, 3.05) is 13.7 Å². The number of rotatable bonds is 14. The van der Waals surface area contributed by atoms with Crippen LogP contribution >= 0.6 is 0 Å². The number of methoxy groups -OCH3 is 1. The van der Waals surface area contributed by atoms with E-state index >= 15 is 4.79 Å². The van der Waals surface area contributed by atoms with Crippen LogP contribution in [0.3, 0.4) is 0 Å². The highest BCUT2D eigenvalue weighted by atomic mass is 16.8. The number of fused-ring (bicyclic) bond motifs is 4. The summed E-state index contributed by atoms with van der Waals surface area (Å²) in [5, 5.41) is 72.8. The Kier molecular flexibility index (Phi) is 21.8. The van der Waals surface area contributed by atoms with Crippen LogP contribution in [-0.2, 0) is 76.0 Å². The van der Waals surface area contributed by atoms with Crippen molar-refractivity contribution in [1.82, 2.24) is 5.32 Å². The number of ketones is 1. The lowest BCUT2D eigenvalue weighted by Gasteiger charge is -2.56. The van der Waals surface area contributed by atoms with E-state index in [1.54, 1.807) is 33.8 Å². The summed E-state index contributed by atoms with van der Waals surface area (Å²) in [7, 11) is 1.15. The Labute approximate surface area is 543 Å². The van der Waals surface area contributed by atoms with E-state index in [4.69, 9.17) is 61.6 Å². The molecule has 1 unspecified atom stereocenters. The molecule has 0 aromatic heterocycles. The Hall–Kier alpha value is -4.52. The Morgan fingerprint density at radius 1 is 0.699 bits per heavy atom. The van der Waals surface area contributed by atoms with Crippen LogP contribution in [0.15, 0.2) is 46.8 Å². The van der Waals surface area contributed by atoms with Gasteiger partial charge >= 0.3 is 18.0 Å². The molecule has 8 fully saturated rings. The lowest BCUT2D eigenvalue weighted by molar-refractivity contribution is -0.584. The molecule has 4 aliphatic carbocycles. The zero-order chi connectivity index (χ0) is 67.5. The molecule has 6 N–H and O–H groups in total. The standard InChI is InChI=1S/C67H100N2O24/c1-30-14-18-47(88-54-28-65(11,69(79)80)60(38(9)86-54)68-64(78)81-13)31(2)23-43-45(73)24-40(29-70)27-67(43)62(76)55(63(77)93-67)61(75)66(12)42(30)16-15-41-56(66)32(3)22-33(4)57(41)92-53-26-49(59(37(8)85-53)87-39(10)71)90-50-21-19-48(35(6)83-50)89-52-25-46(74)58(36(7)84-52)91-51-20-17-44(72)34(5)82-51/h14-16,23,32-38,40-54,56-60,70,72-75H,17-22,24-29H2,1-13H3,(H,68,78)/b30-14+,31-23?,61-55?/t32-,33-,34-,35-,36-,37-,38+,40+,41-,42-,43?,44+,45-,46+,47-,48+,49+,50-,51-,52+,53-,54-,56+,57-,58-,59-,60-,65-,66+,67-/m0/s1. The summed E-state index contributed by atoms with van der Waals surface area (Å²) in [5.74, 6) is -6.69. The zero-order valence-corrected chi connectivity index (χ0v) is 55.8. The van der Waals surface area contributed by atoms with Crippen molar-refractivity contribution in [3.63, 3.8) is 0 Å². The number of esters is 2. The third-order valence-electron chi connectivity index (χ3n) is 22.2. The number of alkyl carbamates (subject to hydrolysis) is 1. The van der Waals surface area contributed by atoms with Gasteiger partial charge in [-0.05, 0) is 110 Å². The van der Waals surface area contributed by atoms with Gasteiger partial charge in [0.05, 0.1) is 86.6 Å². The lowest BCUT2D eigenvalue weighted by Crippen LogP contribution is -2.65. The Morgan fingerprint density at radius 2 is 1.33 bits per heavy atom. The topological polar surface area (TPSA) is 345 Å². The summed E-state index contributed by atoms with van der Waals surface area (Å²) in [6.07, 6.45) is -5.00. The number of allylic oxidation sites excluding steroid dienone is 3. The van der Waals surface area contributed by atoms with E-state index in [2.05, 4.69) is 25.2 Å². The third-order valence-corrected chi connectivity index (χ3v) is 22.2. The quantitative estimate of drug-likeness (QED) is 0.0280. The maximum Gasteiger partial charge on any atom is 0.407 e. The van der Waals surface area contributed by atoms with Gasteiger partial charge in [0.15, 0.2) is 43.2 Å². The molecule has 26 heteroatoms. The van der Waals surface area contributed by atoms with Crippen LogP contribution in [0, 0.1) is 57.0 Å². The van der Waals surface area contributed by atoms with Gasteiger partial charge in [0.2, 0.25) is 11.3 Å². The van der Waals surface area contributed by atoms with Crippen molar-refractivity contribution in [3.8, 4) is 0 Å². The van der Waals surface area contributed by atoms with Gasteiger partial charge in [0, 0.05) is 74.7 Å². The van der Waals surface area contributed by atoms with Crippen LogP contribution in [0.4, 0.5) is 4.79 Å². The van der Waals surface area contributed by atoms with Crippen LogP contribution in [0.2, 0.25) is 0 Å². The molecule has 0 aromatic carbocycles.